The van der Waals surface area contributed by atoms with Crippen molar-refractivity contribution < 1.29 is 19.4 Å². The fraction of sp³-hybridized carbons (Fsp3) is 0.0690. The smallest absolute Gasteiger partial charge is 0.300 e. The number of aromatic nitrogens is 1. The van der Waals surface area contributed by atoms with Gasteiger partial charge in [0.2, 0.25) is 0 Å². The van der Waals surface area contributed by atoms with E-state index in [0.29, 0.717) is 29.2 Å². The maximum absolute atomic E-state index is 13.2. The van der Waals surface area contributed by atoms with Gasteiger partial charge in [-0.3, -0.25) is 19.5 Å². The molecule has 0 saturated carbocycles. The van der Waals surface area contributed by atoms with Gasteiger partial charge < -0.3 is 9.84 Å². The largest absolute Gasteiger partial charge is 0.507 e. The van der Waals surface area contributed by atoms with Crippen molar-refractivity contribution in [3.05, 3.63) is 132 Å². The first kappa shape index (κ1) is 22.1. The zero-order chi connectivity index (χ0) is 24.2. The monoisotopic (exact) mass is 462 g/mol. The van der Waals surface area contributed by atoms with Crippen LogP contribution in [0.4, 0.5) is 5.69 Å². The number of amides is 1. The molecular formula is C29H22N2O4. The number of hydrogen-bond donors (Lipinski definition) is 1. The maximum atomic E-state index is 13.2. The summed E-state index contributed by atoms with van der Waals surface area (Å²) < 4.78 is 5.89. The number of ketones is 1. The standard InChI is InChI=1S/C29H22N2O4/c32-27(22-15-17-30-18-16-22)25-26(31(29(34)28(25)33)23-9-5-2-6-10-23)21-11-13-24(14-12-21)35-19-20-7-3-1-4-8-20/h1-18,26,32H,19H2/b27-25-. The van der Waals surface area contributed by atoms with Crippen molar-refractivity contribution in [2.45, 2.75) is 12.6 Å². The highest BCUT2D eigenvalue weighted by Crippen LogP contribution is 2.42. The van der Waals surface area contributed by atoms with Crippen molar-refractivity contribution in [1.82, 2.24) is 4.98 Å². The minimum Gasteiger partial charge on any atom is -0.507 e. The highest BCUT2D eigenvalue weighted by Gasteiger charge is 2.46. The van der Waals surface area contributed by atoms with Gasteiger partial charge in [0, 0.05) is 23.6 Å². The molecule has 2 heterocycles. The van der Waals surface area contributed by atoms with Gasteiger partial charge in [0.05, 0.1) is 11.6 Å². The number of aliphatic hydroxyl groups is 1. The molecule has 1 unspecified atom stereocenters. The summed E-state index contributed by atoms with van der Waals surface area (Å²) in [5.41, 5.74) is 2.74. The van der Waals surface area contributed by atoms with Crippen LogP contribution in [0.5, 0.6) is 5.75 Å². The highest BCUT2D eigenvalue weighted by molar-refractivity contribution is 6.51. The SMILES string of the molecule is O=C1C(=O)N(c2ccccc2)C(c2ccc(OCc3ccccc3)cc2)/C1=C(/O)c1ccncc1. The van der Waals surface area contributed by atoms with Gasteiger partial charge in [-0.15, -0.1) is 0 Å². The summed E-state index contributed by atoms with van der Waals surface area (Å²) in [4.78, 5) is 31.7. The van der Waals surface area contributed by atoms with Crippen molar-refractivity contribution >= 4 is 23.1 Å². The molecule has 0 radical (unpaired) electrons. The molecule has 1 atom stereocenters. The van der Waals surface area contributed by atoms with Gasteiger partial charge in [-0.25, -0.2) is 0 Å². The van der Waals surface area contributed by atoms with Crippen molar-refractivity contribution in [3.63, 3.8) is 0 Å². The molecular weight excluding hydrogens is 440 g/mol. The number of benzene rings is 3. The van der Waals surface area contributed by atoms with E-state index in [1.54, 1.807) is 48.5 Å². The quantitative estimate of drug-likeness (QED) is 0.239. The van der Waals surface area contributed by atoms with E-state index < -0.39 is 17.7 Å². The average molecular weight is 463 g/mol. The molecule has 1 aliphatic heterocycles. The summed E-state index contributed by atoms with van der Waals surface area (Å²) in [6.45, 7) is 0.421. The van der Waals surface area contributed by atoms with Gasteiger partial charge in [0.15, 0.2) is 0 Å². The van der Waals surface area contributed by atoms with Crippen LogP contribution in [0.2, 0.25) is 0 Å². The van der Waals surface area contributed by atoms with Crippen molar-refractivity contribution in [2.75, 3.05) is 4.90 Å². The van der Waals surface area contributed by atoms with Gasteiger partial charge in [0.1, 0.15) is 18.1 Å². The van der Waals surface area contributed by atoms with Crippen molar-refractivity contribution in [3.8, 4) is 5.75 Å². The molecule has 1 saturated heterocycles. The van der Waals surface area contributed by atoms with E-state index in [4.69, 9.17) is 4.74 Å². The Balaban J connectivity index is 1.54. The van der Waals surface area contributed by atoms with Gasteiger partial charge in [-0.2, -0.15) is 0 Å². The zero-order valence-electron chi connectivity index (χ0n) is 18.7. The summed E-state index contributed by atoms with van der Waals surface area (Å²) in [7, 11) is 0. The third kappa shape index (κ3) is 4.42. The second-order valence-electron chi connectivity index (χ2n) is 8.08. The summed E-state index contributed by atoms with van der Waals surface area (Å²) in [5.74, 6) is -1.01. The predicted molar refractivity (Wildman–Crippen MR) is 133 cm³/mol. The molecule has 6 heteroatoms. The van der Waals surface area contributed by atoms with E-state index in [1.165, 1.54) is 17.3 Å². The third-order valence-corrected chi connectivity index (χ3v) is 5.88. The van der Waals surface area contributed by atoms with E-state index in [9.17, 15) is 14.7 Å². The molecule has 0 spiro atoms. The van der Waals surface area contributed by atoms with Gasteiger partial charge in [0.25, 0.3) is 11.7 Å². The van der Waals surface area contributed by atoms with Crippen LogP contribution in [0.25, 0.3) is 5.76 Å². The fourth-order valence-corrected chi connectivity index (χ4v) is 4.16. The first-order chi connectivity index (χ1) is 17.1. The molecule has 35 heavy (non-hydrogen) atoms. The van der Waals surface area contributed by atoms with Crippen LogP contribution in [-0.2, 0) is 16.2 Å². The van der Waals surface area contributed by atoms with E-state index in [2.05, 4.69) is 4.98 Å². The van der Waals surface area contributed by atoms with Crippen LogP contribution >= 0.6 is 0 Å². The number of pyridine rings is 1. The molecule has 1 aromatic heterocycles. The number of aliphatic hydroxyl groups excluding tert-OH is 1. The Morgan fingerprint density at radius 3 is 2.11 bits per heavy atom. The van der Waals surface area contributed by atoms with Crippen molar-refractivity contribution in [1.29, 1.82) is 0 Å². The van der Waals surface area contributed by atoms with Crippen LogP contribution in [0, 0.1) is 0 Å². The van der Waals surface area contributed by atoms with Crippen LogP contribution in [0.15, 0.2) is 115 Å². The Morgan fingerprint density at radius 2 is 1.46 bits per heavy atom. The molecule has 1 N–H and O–H groups in total. The van der Waals surface area contributed by atoms with Crippen LogP contribution in [-0.4, -0.2) is 21.8 Å². The Bertz CT molecular complexity index is 1370. The van der Waals surface area contributed by atoms with Crippen LogP contribution in [0.1, 0.15) is 22.7 Å². The summed E-state index contributed by atoms with van der Waals surface area (Å²) in [6, 6.07) is 28.4. The average Bonchev–Trinajstić information content (AvgIpc) is 3.19. The normalized spacial score (nSPS) is 16.9. The van der Waals surface area contributed by atoms with Crippen LogP contribution in [0.3, 0.4) is 0 Å². The maximum Gasteiger partial charge on any atom is 0.300 e. The molecule has 0 aliphatic carbocycles. The van der Waals surface area contributed by atoms with E-state index >= 15 is 0 Å². The second kappa shape index (κ2) is 9.65. The lowest BCUT2D eigenvalue weighted by Gasteiger charge is -2.25. The number of Topliss-reactive ketones (excluding diaryl/α,β-unsaturated/α-hetero) is 1. The molecule has 1 fully saturated rings. The predicted octanol–water partition coefficient (Wildman–Crippen LogP) is 5.29. The number of para-hydroxylation sites is 1. The molecule has 4 aromatic rings. The lowest BCUT2D eigenvalue weighted by Crippen LogP contribution is -2.29. The summed E-state index contributed by atoms with van der Waals surface area (Å²) in [6.07, 6.45) is 3.05. The summed E-state index contributed by atoms with van der Waals surface area (Å²) >= 11 is 0. The summed E-state index contributed by atoms with van der Waals surface area (Å²) in [5, 5.41) is 11.1. The molecule has 6 nitrogen and oxygen atoms in total. The first-order valence-corrected chi connectivity index (χ1v) is 11.2. The second-order valence-corrected chi connectivity index (χ2v) is 8.08. The first-order valence-electron chi connectivity index (χ1n) is 11.2. The highest BCUT2D eigenvalue weighted by atomic mass is 16.5. The zero-order valence-corrected chi connectivity index (χ0v) is 18.7. The van der Waals surface area contributed by atoms with E-state index in [-0.39, 0.29) is 11.3 Å². The van der Waals surface area contributed by atoms with E-state index in [1.807, 2.05) is 48.5 Å². The van der Waals surface area contributed by atoms with Gasteiger partial charge >= 0.3 is 0 Å². The minimum atomic E-state index is -0.797. The van der Waals surface area contributed by atoms with Gasteiger partial charge in [-0.05, 0) is 47.5 Å². The molecule has 1 aliphatic rings. The number of nitrogens with zero attached hydrogens (tertiary/aromatic N) is 2. The Labute approximate surface area is 202 Å². The Morgan fingerprint density at radius 1 is 0.829 bits per heavy atom. The lowest BCUT2D eigenvalue weighted by atomic mass is 9.95. The number of hydrogen-bond acceptors (Lipinski definition) is 5. The number of carbonyl (C=O) groups excluding carboxylic acids is 2. The lowest BCUT2D eigenvalue weighted by molar-refractivity contribution is -0.132. The number of ether oxygens (including phenoxy) is 1. The molecule has 172 valence electrons. The minimum absolute atomic E-state index is 0.0306. The Hall–Kier alpha value is -4.71. The van der Waals surface area contributed by atoms with Crippen molar-refractivity contribution in [2.24, 2.45) is 0 Å². The molecule has 3 aromatic carbocycles. The third-order valence-electron chi connectivity index (χ3n) is 5.88. The van der Waals surface area contributed by atoms with E-state index in [0.717, 1.165) is 5.56 Å². The molecule has 1 amide bonds. The van der Waals surface area contributed by atoms with Gasteiger partial charge in [-0.1, -0.05) is 60.7 Å². The number of anilines is 1. The molecule has 0 bridgehead atoms. The van der Waals surface area contributed by atoms with Crippen LogP contribution < -0.4 is 9.64 Å². The Kier molecular flexibility index (Phi) is 6.09. The molecule has 5 rings (SSSR count). The number of carbonyl (C=O) groups is 2. The fourth-order valence-electron chi connectivity index (χ4n) is 4.16. The number of rotatable bonds is 6. The topological polar surface area (TPSA) is 79.7 Å².